The minimum absolute atomic E-state index is 0.0142. The van der Waals surface area contributed by atoms with E-state index < -0.39 is 33.1 Å². The van der Waals surface area contributed by atoms with Gasteiger partial charge in [-0.1, -0.05) is 19.4 Å². The first-order valence-electron chi connectivity index (χ1n) is 6.39. The fourth-order valence-electron chi connectivity index (χ4n) is 1.84. The molecule has 13 heteroatoms. The standard InChI is InChI=1S/C12H13F6N5OS/c13-8-2-1-7(25(14,15,16,17)18)3-6(8)5-24-9-4-10(19)22-12(23-21)11(9)20/h1-4H,5,20-21H2,(H3,19,22,23). The van der Waals surface area contributed by atoms with Crippen LogP contribution >= 0.6 is 10.2 Å². The van der Waals surface area contributed by atoms with E-state index in [0.717, 1.165) is 6.07 Å². The van der Waals surface area contributed by atoms with Crippen LogP contribution in [0.2, 0.25) is 0 Å². The first-order chi connectivity index (χ1) is 11.2. The maximum atomic E-state index is 13.7. The molecule has 0 bridgehead atoms. The molecule has 1 heterocycles. The Labute approximate surface area is 137 Å². The summed E-state index contributed by atoms with van der Waals surface area (Å²) in [7, 11) is -9.95. The number of hydrogen-bond acceptors (Lipinski definition) is 6. The smallest absolute Gasteiger partial charge is 0.310 e. The highest BCUT2D eigenvalue weighted by Gasteiger charge is 2.65. The van der Waals surface area contributed by atoms with E-state index in [9.17, 15) is 23.8 Å². The second-order valence-electron chi connectivity index (χ2n) is 4.96. The number of nitrogens with one attached hydrogen (secondary N) is 1. The van der Waals surface area contributed by atoms with Gasteiger partial charge in [0.2, 0.25) is 0 Å². The average molecular weight is 389 g/mol. The SMILES string of the molecule is NNc1nc(N)cc(OCc2cc(S(F)(F)(F)(F)F)ccc2F)c1N. The van der Waals surface area contributed by atoms with Gasteiger partial charge in [-0.2, -0.15) is 0 Å². The molecule has 0 fully saturated rings. The van der Waals surface area contributed by atoms with Gasteiger partial charge in [0.1, 0.15) is 34.6 Å². The Morgan fingerprint density at radius 3 is 2.28 bits per heavy atom. The van der Waals surface area contributed by atoms with Crippen molar-refractivity contribution in [1.82, 2.24) is 4.98 Å². The second-order valence-corrected chi connectivity index (χ2v) is 7.37. The number of nitrogens with two attached hydrogens (primary N) is 3. The fourth-order valence-corrected chi connectivity index (χ4v) is 2.53. The number of anilines is 3. The zero-order chi connectivity index (χ0) is 19.1. The van der Waals surface area contributed by atoms with Crippen LogP contribution in [0.15, 0.2) is 29.2 Å². The number of aromatic nitrogens is 1. The molecular formula is C12H13F6N5OS. The maximum absolute atomic E-state index is 13.7. The Hall–Kier alpha value is -2.54. The Bertz CT molecular complexity index is 829. The average Bonchev–Trinajstić information content (AvgIpc) is 2.46. The van der Waals surface area contributed by atoms with Gasteiger partial charge in [0.05, 0.1) is 0 Å². The highest BCUT2D eigenvalue weighted by Crippen LogP contribution is 3.02. The van der Waals surface area contributed by atoms with Crippen LogP contribution < -0.4 is 27.5 Å². The molecule has 1 aromatic carbocycles. The molecule has 0 aliphatic rings. The summed E-state index contributed by atoms with van der Waals surface area (Å²) in [6.07, 6.45) is 0. The van der Waals surface area contributed by atoms with E-state index in [1.807, 2.05) is 0 Å². The highest BCUT2D eigenvalue weighted by atomic mass is 32.5. The van der Waals surface area contributed by atoms with Crippen molar-refractivity contribution in [2.45, 2.75) is 11.5 Å². The van der Waals surface area contributed by atoms with Gasteiger partial charge in [0.25, 0.3) is 0 Å². The van der Waals surface area contributed by atoms with Crippen molar-refractivity contribution in [2.24, 2.45) is 5.84 Å². The number of benzene rings is 1. The van der Waals surface area contributed by atoms with Crippen molar-refractivity contribution in [3.8, 4) is 5.75 Å². The number of ether oxygens (including phenoxy) is 1. The molecule has 0 unspecified atom stereocenters. The van der Waals surface area contributed by atoms with E-state index in [-0.39, 0.29) is 41.3 Å². The van der Waals surface area contributed by atoms with Gasteiger partial charge in [-0.3, -0.25) is 0 Å². The largest absolute Gasteiger partial charge is 0.486 e. The van der Waals surface area contributed by atoms with Crippen molar-refractivity contribution in [3.05, 3.63) is 35.6 Å². The van der Waals surface area contributed by atoms with Crippen LogP contribution in [0.1, 0.15) is 5.56 Å². The topological polar surface area (TPSA) is 112 Å². The maximum Gasteiger partial charge on any atom is 0.310 e. The fraction of sp³-hybridized carbons (Fsp3) is 0.0833. The number of halogens is 6. The zero-order valence-electron chi connectivity index (χ0n) is 12.3. The molecule has 0 radical (unpaired) electrons. The third-order valence-electron chi connectivity index (χ3n) is 3.02. The number of rotatable bonds is 5. The van der Waals surface area contributed by atoms with Gasteiger partial charge >= 0.3 is 10.2 Å². The molecule has 140 valence electrons. The Morgan fingerprint density at radius 2 is 1.72 bits per heavy atom. The van der Waals surface area contributed by atoms with Crippen LogP contribution in [0.4, 0.5) is 41.1 Å². The van der Waals surface area contributed by atoms with Gasteiger partial charge in [-0.25, -0.2) is 15.2 Å². The minimum Gasteiger partial charge on any atom is -0.486 e. The second kappa shape index (κ2) is 5.23. The van der Waals surface area contributed by atoms with E-state index in [0.29, 0.717) is 0 Å². The molecule has 0 saturated heterocycles. The third kappa shape index (κ3) is 4.30. The molecule has 0 aliphatic carbocycles. The van der Waals surface area contributed by atoms with Crippen molar-refractivity contribution >= 4 is 27.5 Å². The van der Waals surface area contributed by atoms with Gasteiger partial charge < -0.3 is 21.6 Å². The molecular weight excluding hydrogens is 376 g/mol. The first kappa shape index (κ1) is 18.8. The van der Waals surface area contributed by atoms with E-state index in [1.54, 1.807) is 0 Å². The Kier molecular flexibility index (Phi) is 3.93. The lowest BCUT2D eigenvalue weighted by Gasteiger charge is -2.40. The monoisotopic (exact) mass is 389 g/mol. The number of pyridine rings is 1. The molecule has 0 spiro atoms. The summed E-state index contributed by atoms with van der Waals surface area (Å²) in [5.74, 6) is 3.63. The number of nitrogen functional groups attached to an aromatic ring is 3. The van der Waals surface area contributed by atoms with Crippen LogP contribution in [0.3, 0.4) is 0 Å². The van der Waals surface area contributed by atoms with Crippen LogP contribution in [0, 0.1) is 5.82 Å². The lowest BCUT2D eigenvalue weighted by molar-refractivity contribution is 0.300. The first-order valence-corrected chi connectivity index (χ1v) is 8.34. The van der Waals surface area contributed by atoms with E-state index in [2.05, 4.69) is 10.4 Å². The molecule has 1 aromatic heterocycles. The van der Waals surface area contributed by atoms with Crippen LogP contribution in [0.25, 0.3) is 0 Å². The van der Waals surface area contributed by atoms with E-state index >= 15 is 0 Å². The molecule has 0 atom stereocenters. The van der Waals surface area contributed by atoms with Crippen molar-refractivity contribution in [3.63, 3.8) is 0 Å². The van der Waals surface area contributed by atoms with Gasteiger partial charge in [-0.15, -0.1) is 0 Å². The number of hydrazine groups is 1. The number of hydrogen-bond donors (Lipinski definition) is 4. The molecule has 25 heavy (non-hydrogen) atoms. The van der Waals surface area contributed by atoms with Gasteiger partial charge in [0, 0.05) is 11.6 Å². The molecule has 0 saturated carbocycles. The summed E-state index contributed by atoms with van der Waals surface area (Å²) in [6, 6.07) is 1.35. The predicted molar refractivity (Wildman–Crippen MR) is 83.0 cm³/mol. The van der Waals surface area contributed by atoms with Crippen molar-refractivity contribution < 1.29 is 28.6 Å². The summed E-state index contributed by atoms with van der Waals surface area (Å²) in [4.78, 5) is 1.48. The van der Waals surface area contributed by atoms with E-state index in [4.69, 9.17) is 22.0 Å². The molecule has 6 nitrogen and oxygen atoms in total. The third-order valence-corrected chi connectivity index (χ3v) is 4.17. The summed E-state index contributed by atoms with van der Waals surface area (Å²) >= 11 is 0. The number of nitrogens with zero attached hydrogens (tertiary/aromatic N) is 1. The van der Waals surface area contributed by atoms with Crippen molar-refractivity contribution in [2.75, 3.05) is 16.9 Å². The Morgan fingerprint density at radius 1 is 1.08 bits per heavy atom. The summed E-state index contributed by atoms with van der Waals surface area (Å²) in [5, 5.41) is 0. The lowest BCUT2D eigenvalue weighted by atomic mass is 10.2. The van der Waals surface area contributed by atoms with Crippen LogP contribution in [-0.4, -0.2) is 4.98 Å². The quantitative estimate of drug-likeness (QED) is 0.350. The summed E-state index contributed by atoms with van der Waals surface area (Å²) in [5.41, 5.74) is 12.3. The molecule has 0 amide bonds. The van der Waals surface area contributed by atoms with E-state index in [1.165, 1.54) is 0 Å². The van der Waals surface area contributed by atoms with Crippen LogP contribution in [0.5, 0.6) is 5.75 Å². The molecule has 7 N–H and O–H groups in total. The molecule has 0 aliphatic heterocycles. The van der Waals surface area contributed by atoms with Gasteiger partial charge in [-0.05, 0) is 18.2 Å². The predicted octanol–water partition coefficient (Wildman–Crippen LogP) is 3.91. The van der Waals surface area contributed by atoms with Crippen LogP contribution in [-0.2, 0) is 6.61 Å². The molecule has 2 aromatic rings. The normalized spacial score (nSPS) is 14.5. The summed E-state index contributed by atoms with van der Waals surface area (Å²) in [6.45, 7) is -0.814. The van der Waals surface area contributed by atoms with Gasteiger partial charge in [0.15, 0.2) is 5.82 Å². The lowest BCUT2D eigenvalue weighted by Crippen LogP contribution is -2.13. The Balaban J connectivity index is 2.36. The van der Waals surface area contributed by atoms with Crippen molar-refractivity contribution in [1.29, 1.82) is 0 Å². The summed E-state index contributed by atoms with van der Waals surface area (Å²) < 4.78 is 82.8. The molecule has 2 rings (SSSR count). The minimum atomic E-state index is -9.95. The zero-order valence-corrected chi connectivity index (χ0v) is 13.1. The highest BCUT2D eigenvalue weighted by molar-refractivity contribution is 8.45.